The summed E-state index contributed by atoms with van der Waals surface area (Å²) in [6.07, 6.45) is 4.77. The van der Waals surface area contributed by atoms with Crippen molar-refractivity contribution in [2.24, 2.45) is 0 Å². The number of nitrogens with one attached hydrogen (secondary N) is 1. The van der Waals surface area contributed by atoms with Gasteiger partial charge in [-0.25, -0.2) is 4.39 Å². The summed E-state index contributed by atoms with van der Waals surface area (Å²) >= 11 is 0. The molecule has 0 spiro atoms. The van der Waals surface area contributed by atoms with E-state index in [0.29, 0.717) is 12.2 Å². The lowest BCUT2D eigenvalue weighted by Crippen LogP contribution is -3.00. The largest absolute Gasteiger partial charge is 1.00 e. The number of nitrogens with zero attached hydrogens (tertiary/aromatic N) is 1. The molecule has 0 aliphatic carbocycles. The summed E-state index contributed by atoms with van der Waals surface area (Å²) in [5.41, 5.74) is 2.72. The van der Waals surface area contributed by atoms with Crippen molar-refractivity contribution in [2.75, 3.05) is 25.0 Å². The molecule has 0 saturated carbocycles. The second-order valence-electron chi connectivity index (χ2n) is 7.51. The van der Waals surface area contributed by atoms with Crippen LogP contribution in [0.15, 0.2) is 48.5 Å². The first-order chi connectivity index (χ1) is 12.6. The molecule has 1 amide bonds. The van der Waals surface area contributed by atoms with Crippen LogP contribution < -0.4 is 22.3 Å². The number of aryl methyl sites for hydroxylation is 1. The smallest absolute Gasteiger partial charge is 0.279 e. The Hall–Kier alpha value is -1.72. The van der Waals surface area contributed by atoms with Crippen LogP contribution in [-0.2, 0) is 11.3 Å². The lowest BCUT2D eigenvalue weighted by Gasteiger charge is -2.37. The number of carbonyl (C=O) groups is 1. The highest BCUT2D eigenvalue weighted by molar-refractivity contribution is 5.92. The van der Waals surface area contributed by atoms with E-state index >= 15 is 0 Å². The van der Waals surface area contributed by atoms with Gasteiger partial charge < -0.3 is 26.8 Å². The van der Waals surface area contributed by atoms with E-state index < -0.39 is 0 Å². The van der Waals surface area contributed by atoms with Crippen LogP contribution in [0.2, 0.25) is 0 Å². The van der Waals surface area contributed by atoms with E-state index in [1.54, 1.807) is 6.07 Å². The monoisotopic (exact) mass is 434 g/mol. The fraction of sp³-hybridized carbons (Fsp3) is 0.409. The molecule has 0 radical (unpaired) electrons. The minimum Gasteiger partial charge on any atom is -1.00 e. The summed E-state index contributed by atoms with van der Waals surface area (Å²) in [5.74, 6) is -0.356. The van der Waals surface area contributed by atoms with Gasteiger partial charge in [-0.1, -0.05) is 36.4 Å². The maximum Gasteiger partial charge on any atom is 0.279 e. The van der Waals surface area contributed by atoms with E-state index in [2.05, 4.69) is 29.6 Å². The Morgan fingerprint density at radius 1 is 1.04 bits per heavy atom. The summed E-state index contributed by atoms with van der Waals surface area (Å²) in [5, 5.41) is 2.93. The summed E-state index contributed by atoms with van der Waals surface area (Å²) in [6.45, 7) is 5.23. The van der Waals surface area contributed by atoms with Crippen LogP contribution in [0.5, 0.6) is 0 Å². The molecule has 0 aromatic heterocycles. The van der Waals surface area contributed by atoms with Crippen molar-refractivity contribution >= 4 is 11.6 Å². The number of hydrogen-bond donors (Lipinski definition) is 1. The maximum absolute atomic E-state index is 13.5. The fourth-order valence-corrected chi connectivity index (χ4v) is 3.93. The Balaban J connectivity index is 0.00000261. The van der Waals surface area contributed by atoms with Gasteiger partial charge in [0.15, 0.2) is 6.54 Å². The average molecular weight is 435 g/mol. The SMILES string of the molecule is Cc1ccc(F)cc1NC(=O)C[N+]1(Cc2ccccc2)CCCCCC1.[Br-]. The van der Waals surface area contributed by atoms with Crippen molar-refractivity contribution in [1.82, 2.24) is 0 Å². The van der Waals surface area contributed by atoms with Gasteiger partial charge in [0.05, 0.1) is 13.1 Å². The normalized spacial score (nSPS) is 16.1. The van der Waals surface area contributed by atoms with Gasteiger partial charge in [-0.2, -0.15) is 0 Å². The molecular weight excluding hydrogens is 407 g/mol. The summed E-state index contributed by atoms with van der Waals surface area (Å²) in [6, 6.07) is 14.9. The molecule has 5 heteroatoms. The van der Waals surface area contributed by atoms with Crippen LogP contribution in [0, 0.1) is 12.7 Å². The first-order valence-corrected chi connectivity index (χ1v) is 9.51. The molecule has 3 rings (SSSR count). The number of amides is 1. The number of carbonyl (C=O) groups excluding carboxylic acids is 1. The Kier molecular flexibility index (Phi) is 7.99. The average Bonchev–Trinajstić information content (AvgIpc) is 2.84. The van der Waals surface area contributed by atoms with Gasteiger partial charge in [-0.3, -0.25) is 4.79 Å². The quantitative estimate of drug-likeness (QED) is 0.712. The summed E-state index contributed by atoms with van der Waals surface area (Å²) in [4.78, 5) is 12.8. The molecule has 1 saturated heterocycles. The van der Waals surface area contributed by atoms with Gasteiger partial charge in [0, 0.05) is 11.3 Å². The van der Waals surface area contributed by atoms with Gasteiger partial charge in [0.25, 0.3) is 5.91 Å². The minimum atomic E-state index is -0.325. The Bertz CT molecular complexity index is 743. The molecule has 2 aromatic carbocycles. The van der Waals surface area contributed by atoms with E-state index in [-0.39, 0.29) is 28.7 Å². The molecule has 3 nitrogen and oxygen atoms in total. The molecule has 1 N–H and O–H groups in total. The predicted molar refractivity (Wildman–Crippen MR) is 103 cm³/mol. The number of anilines is 1. The fourth-order valence-electron chi connectivity index (χ4n) is 3.93. The van der Waals surface area contributed by atoms with Crippen molar-refractivity contribution in [1.29, 1.82) is 0 Å². The lowest BCUT2D eigenvalue weighted by molar-refractivity contribution is -0.932. The number of rotatable bonds is 5. The van der Waals surface area contributed by atoms with E-state index in [4.69, 9.17) is 0 Å². The van der Waals surface area contributed by atoms with E-state index in [1.165, 1.54) is 30.5 Å². The maximum atomic E-state index is 13.5. The molecule has 0 atom stereocenters. The predicted octanol–water partition coefficient (Wildman–Crippen LogP) is 1.67. The number of quaternary nitrogens is 1. The third-order valence-corrected chi connectivity index (χ3v) is 5.33. The van der Waals surface area contributed by atoms with Crippen LogP contribution in [0.4, 0.5) is 10.1 Å². The molecule has 2 aromatic rings. The Morgan fingerprint density at radius 2 is 1.70 bits per heavy atom. The second kappa shape index (κ2) is 10.00. The second-order valence-corrected chi connectivity index (χ2v) is 7.51. The van der Waals surface area contributed by atoms with E-state index in [9.17, 15) is 9.18 Å². The molecule has 146 valence electrons. The third kappa shape index (κ3) is 6.15. The summed E-state index contributed by atoms with van der Waals surface area (Å²) in [7, 11) is 0. The minimum absolute atomic E-state index is 0. The molecule has 1 aliphatic heterocycles. The van der Waals surface area contributed by atoms with Crippen molar-refractivity contribution in [3.63, 3.8) is 0 Å². The van der Waals surface area contributed by atoms with Crippen molar-refractivity contribution in [3.8, 4) is 0 Å². The zero-order valence-electron chi connectivity index (χ0n) is 15.9. The van der Waals surface area contributed by atoms with Gasteiger partial charge in [-0.15, -0.1) is 0 Å². The molecule has 1 fully saturated rings. The lowest BCUT2D eigenvalue weighted by atomic mass is 10.1. The highest BCUT2D eigenvalue weighted by atomic mass is 79.9. The molecular formula is C22H28BrFN2O. The van der Waals surface area contributed by atoms with Crippen molar-refractivity contribution in [3.05, 3.63) is 65.5 Å². The van der Waals surface area contributed by atoms with E-state index in [0.717, 1.165) is 42.5 Å². The zero-order chi connectivity index (χ0) is 18.4. The van der Waals surface area contributed by atoms with Crippen molar-refractivity contribution < 1.29 is 30.6 Å². The van der Waals surface area contributed by atoms with Gasteiger partial charge in [0.2, 0.25) is 0 Å². The zero-order valence-corrected chi connectivity index (χ0v) is 17.5. The Morgan fingerprint density at radius 3 is 2.37 bits per heavy atom. The van der Waals surface area contributed by atoms with Gasteiger partial charge >= 0.3 is 0 Å². The van der Waals surface area contributed by atoms with Crippen LogP contribution >= 0.6 is 0 Å². The molecule has 27 heavy (non-hydrogen) atoms. The topological polar surface area (TPSA) is 29.1 Å². The highest BCUT2D eigenvalue weighted by Gasteiger charge is 2.31. The number of benzene rings is 2. The third-order valence-electron chi connectivity index (χ3n) is 5.33. The molecule has 0 unspecified atom stereocenters. The highest BCUT2D eigenvalue weighted by Crippen LogP contribution is 2.23. The van der Waals surface area contributed by atoms with Crippen LogP contribution in [0.1, 0.15) is 36.8 Å². The first-order valence-electron chi connectivity index (χ1n) is 9.51. The number of likely N-dealkylation sites (tertiary alicyclic amines) is 1. The Labute approximate surface area is 171 Å². The molecule has 0 bridgehead atoms. The number of halogens is 2. The van der Waals surface area contributed by atoms with Crippen LogP contribution in [-0.4, -0.2) is 30.0 Å². The standard InChI is InChI=1S/C22H27FN2O.BrH/c1-18-11-12-20(23)15-21(18)24-22(26)17-25(13-7-2-3-8-14-25)16-19-9-5-4-6-10-19;/h4-6,9-12,15H,2-3,7-8,13-14,16-17H2,1H3;1H. The molecule has 1 heterocycles. The summed E-state index contributed by atoms with van der Waals surface area (Å²) < 4.78 is 14.3. The first kappa shape index (κ1) is 21.6. The van der Waals surface area contributed by atoms with Gasteiger partial charge in [0.1, 0.15) is 12.4 Å². The molecule has 1 aliphatic rings. The van der Waals surface area contributed by atoms with Crippen LogP contribution in [0.3, 0.4) is 0 Å². The van der Waals surface area contributed by atoms with E-state index in [1.807, 2.05) is 13.0 Å². The van der Waals surface area contributed by atoms with Crippen LogP contribution in [0.25, 0.3) is 0 Å². The van der Waals surface area contributed by atoms with Gasteiger partial charge in [-0.05, 0) is 50.3 Å². The number of hydrogen-bond acceptors (Lipinski definition) is 1. The van der Waals surface area contributed by atoms with Crippen molar-refractivity contribution in [2.45, 2.75) is 39.2 Å².